The molecular weight excluding hydrogens is 292 g/mol. The fraction of sp³-hybridized carbons (Fsp3) is 0.727. The van der Waals surface area contributed by atoms with Crippen LogP contribution < -0.4 is 0 Å². The van der Waals surface area contributed by atoms with E-state index in [1.165, 1.54) is 11.8 Å². The van der Waals surface area contributed by atoms with Gasteiger partial charge in [-0.1, -0.05) is 11.8 Å². The first-order valence-corrected chi connectivity index (χ1v) is 8.78. The van der Waals surface area contributed by atoms with Crippen molar-refractivity contribution in [3.05, 3.63) is 11.9 Å². The van der Waals surface area contributed by atoms with Gasteiger partial charge in [0.15, 0.2) is 15.0 Å². The van der Waals surface area contributed by atoms with Gasteiger partial charge in [0.25, 0.3) is 0 Å². The van der Waals surface area contributed by atoms with Gasteiger partial charge in [-0.2, -0.15) is 0 Å². The van der Waals surface area contributed by atoms with Crippen molar-refractivity contribution in [2.24, 2.45) is 7.05 Å². The standard InChI is InChI=1S/C11H19ClN2O2S2/c1-11(2,3)18(15,16)6-5-17-10-13-8-9(7-12)14(10)4/h8H,5-7H2,1-4H3. The molecule has 0 N–H and O–H groups in total. The van der Waals surface area contributed by atoms with E-state index in [-0.39, 0.29) is 5.75 Å². The van der Waals surface area contributed by atoms with Crippen LogP contribution in [0.5, 0.6) is 0 Å². The third kappa shape index (κ3) is 3.65. The van der Waals surface area contributed by atoms with Crippen molar-refractivity contribution in [2.75, 3.05) is 11.5 Å². The van der Waals surface area contributed by atoms with Gasteiger partial charge in [0.1, 0.15) is 0 Å². The average Bonchev–Trinajstić information content (AvgIpc) is 2.58. The lowest BCUT2D eigenvalue weighted by Gasteiger charge is -2.18. The average molecular weight is 311 g/mol. The Morgan fingerprint density at radius 1 is 1.44 bits per heavy atom. The van der Waals surface area contributed by atoms with Gasteiger partial charge in [-0.15, -0.1) is 11.6 Å². The minimum Gasteiger partial charge on any atom is -0.325 e. The lowest BCUT2D eigenvalue weighted by molar-refractivity contribution is 0.562. The zero-order valence-corrected chi connectivity index (χ0v) is 13.5. The number of halogens is 1. The number of thioether (sulfide) groups is 1. The Hall–Kier alpha value is -0.200. The summed E-state index contributed by atoms with van der Waals surface area (Å²) in [7, 11) is -1.18. The summed E-state index contributed by atoms with van der Waals surface area (Å²) >= 11 is 7.19. The van der Waals surface area contributed by atoms with Crippen molar-refractivity contribution < 1.29 is 8.42 Å². The molecule has 0 saturated heterocycles. The lowest BCUT2D eigenvalue weighted by atomic mass is 10.3. The van der Waals surface area contributed by atoms with E-state index in [0.717, 1.165) is 10.9 Å². The molecule has 0 aliphatic rings. The Balaban J connectivity index is 2.60. The Morgan fingerprint density at radius 2 is 2.06 bits per heavy atom. The van der Waals surface area contributed by atoms with E-state index in [0.29, 0.717) is 11.6 Å². The highest BCUT2D eigenvalue weighted by Crippen LogP contribution is 2.21. The molecule has 0 spiro atoms. The van der Waals surface area contributed by atoms with Crippen LogP contribution in [0.1, 0.15) is 26.5 Å². The fourth-order valence-electron chi connectivity index (χ4n) is 1.23. The molecule has 0 unspecified atom stereocenters. The summed E-state index contributed by atoms with van der Waals surface area (Å²) in [5, 5.41) is 0.801. The number of hydrogen-bond acceptors (Lipinski definition) is 4. The zero-order valence-electron chi connectivity index (χ0n) is 11.1. The third-order valence-corrected chi connectivity index (χ3v) is 6.88. The molecule has 18 heavy (non-hydrogen) atoms. The summed E-state index contributed by atoms with van der Waals surface area (Å²) in [6.45, 7) is 5.16. The quantitative estimate of drug-likeness (QED) is 0.619. The van der Waals surface area contributed by atoms with Crippen LogP contribution in [0.3, 0.4) is 0 Å². The summed E-state index contributed by atoms with van der Waals surface area (Å²) in [5.74, 6) is 1.07. The van der Waals surface area contributed by atoms with E-state index in [1.807, 2.05) is 11.6 Å². The number of rotatable bonds is 5. The van der Waals surface area contributed by atoms with Crippen LogP contribution in [-0.2, 0) is 22.8 Å². The molecule has 0 saturated carbocycles. The van der Waals surface area contributed by atoms with E-state index >= 15 is 0 Å². The first-order valence-electron chi connectivity index (χ1n) is 5.60. The molecule has 0 amide bonds. The van der Waals surface area contributed by atoms with Crippen molar-refractivity contribution in [2.45, 2.75) is 36.6 Å². The number of aromatic nitrogens is 2. The Bertz CT molecular complexity index is 504. The maximum atomic E-state index is 11.9. The Kier molecular flexibility index (Phi) is 5.14. The summed E-state index contributed by atoms with van der Waals surface area (Å²) in [6.07, 6.45) is 1.72. The molecule has 0 atom stereocenters. The number of hydrogen-bond donors (Lipinski definition) is 0. The van der Waals surface area contributed by atoms with Crippen LogP contribution in [0.4, 0.5) is 0 Å². The van der Waals surface area contributed by atoms with Gasteiger partial charge in [0.2, 0.25) is 0 Å². The smallest absolute Gasteiger partial charge is 0.167 e. The number of imidazole rings is 1. The highest BCUT2D eigenvalue weighted by atomic mass is 35.5. The molecule has 0 fully saturated rings. The molecule has 0 bridgehead atoms. The maximum Gasteiger partial charge on any atom is 0.167 e. The molecule has 7 heteroatoms. The summed E-state index contributed by atoms with van der Waals surface area (Å²) in [5.41, 5.74) is 0.929. The van der Waals surface area contributed by atoms with Gasteiger partial charge >= 0.3 is 0 Å². The van der Waals surface area contributed by atoms with Crippen molar-refractivity contribution in [3.63, 3.8) is 0 Å². The summed E-state index contributed by atoms with van der Waals surface area (Å²) < 4.78 is 25.0. The first-order chi connectivity index (χ1) is 8.19. The van der Waals surface area contributed by atoms with Crippen LogP contribution in [-0.4, -0.2) is 34.2 Å². The minimum atomic E-state index is -3.06. The molecule has 104 valence electrons. The van der Waals surface area contributed by atoms with Gasteiger partial charge in [-0.25, -0.2) is 13.4 Å². The maximum absolute atomic E-state index is 11.9. The predicted molar refractivity (Wildman–Crippen MR) is 77.0 cm³/mol. The normalized spacial score (nSPS) is 12.9. The van der Waals surface area contributed by atoms with Crippen molar-refractivity contribution in [1.29, 1.82) is 0 Å². The van der Waals surface area contributed by atoms with Gasteiger partial charge < -0.3 is 4.57 Å². The van der Waals surface area contributed by atoms with Gasteiger partial charge in [-0.3, -0.25) is 0 Å². The van der Waals surface area contributed by atoms with Crippen LogP contribution >= 0.6 is 23.4 Å². The number of alkyl halides is 1. The number of nitrogens with zero attached hydrogens (tertiary/aromatic N) is 2. The molecule has 4 nitrogen and oxygen atoms in total. The third-order valence-electron chi connectivity index (χ3n) is 2.69. The van der Waals surface area contributed by atoms with Crippen molar-refractivity contribution in [1.82, 2.24) is 9.55 Å². The van der Waals surface area contributed by atoms with Crippen LogP contribution in [0.25, 0.3) is 0 Å². The number of sulfone groups is 1. The molecule has 1 heterocycles. The van der Waals surface area contributed by atoms with Gasteiger partial charge in [0, 0.05) is 12.8 Å². The second-order valence-corrected chi connectivity index (χ2v) is 9.20. The van der Waals surface area contributed by atoms with Crippen LogP contribution in [0.2, 0.25) is 0 Å². The Morgan fingerprint density at radius 3 is 2.50 bits per heavy atom. The molecule has 1 aromatic rings. The molecule has 0 radical (unpaired) electrons. The fourth-order valence-corrected chi connectivity index (χ4v) is 3.93. The summed E-state index contributed by atoms with van der Waals surface area (Å²) in [4.78, 5) is 4.21. The highest BCUT2D eigenvalue weighted by Gasteiger charge is 2.28. The van der Waals surface area contributed by atoms with Gasteiger partial charge in [0.05, 0.1) is 28.3 Å². The molecule has 1 aromatic heterocycles. The SMILES string of the molecule is Cn1c(CCl)cnc1SCCS(=O)(=O)C(C)(C)C. The van der Waals surface area contributed by atoms with Crippen LogP contribution in [0, 0.1) is 0 Å². The van der Waals surface area contributed by atoms with E-state index in [2.05, 4.69) is 4.98 Å². The minimum absolute atomic E-state index is 0.157. The van der Waals surface area contributed by atoms with E-state index < -0.39 is 14.6 Å². The monoisotopic (exact) mass is 310 g/mol. The largest absolute Gasteiger partial charge is 0.325 e. The molecule has 1 rings (SSSR count). The summed E-state index contributed by atoms with van der Waals surface area (Å²) in [6, 6.07) is 0. The Labute approximate surface area is 118 Å². The molecular formula is C11H19ClN2O2S2. The van der Waals surface area contributed by atoms with Crippen molar-refractivity contribution in [3.8, 4) is 0 Å². The zero-order chi connectivity index (χ0) is 14.0. The lowest BCUT2D eigenvalue weighted by Crippen LogP contribution is -2.31. The second kappa shape index (κ2) is 5.84. The van der Waals surface area contributed by atoms with Gasteiger partial charge in [-0.05, 0) is 20.8 Å². The van der Waals surface area contributed by atoms with Crippen molar-refractivity contribution >= 4 is 33.2 Å². The van der Waals surface area contributed by atoms with E-state index in [9.17, 15) is 8.42 Å². The topological polar surface area (TPSA) is 52.0 Å². The van der Waals surface area contributed by atoms with E-state index in [1.54, 1.807) is 27.0 Å². The predicted octanol–water partition coefficient (Wildman–Crippen LogP) is 2.46. The second-order valence-electron chi connectivity index (χ2n) is 5.00. The van der Waals surface area contributed by atoms with E-state index in [4.69, 9.17) is 11.6 Å². The molecule has 0 aliphatic carbocycles. The van der Waals surface area contributed by atoms with Crippen LogP contribution in [0.15, 0.2) is 11.4 Å². The molecule has 0 aliphatic heterocycles. The highest BCUT2D eigenvalue weighted by molar-refractivity contribution is 8.00. The molecule has 0 aromatic carbocycles. The first kappa shape index (κ1) is 15.9.